The molecule has 1 aliphatic rings. The topological polar surface area (TPSA) is 57.5 Å². The van der Waals surface area contributed by atoms with Crippen LogP contribution in [0.1, 0.15) is 20.3 Å². The molecule has 0 bridgehead atoms. The van der Waals surface area contributed by atoms with Crippen molar-refractivity contribution in [2.24, 2.45) is 5.92 Å². The number of carbonyl (C=O) groups is 1. The molecule has 0 fully saturated rings. The summed E-state index contributed by atoms with van der Waals surface area (Å²) in [6.45, 7) is 3.48. The number of aliphatic hydroxyl groups excluding tert-OH is 2. The number of carbonyl (C=O) groups excluding carboxylic acids is 1. The molecule has 0 saturated carbocycles. The molecular weight excluding hydrogens is 156 g/mol. The van der Waals surface area contributed by atoms with Gasteiger partial charge in [0.2, 0.25) is 0 Å². The highest BCUT2D eigenvalue weighted by Crippen LogP contribution is 2.23. The van der Waals surface area contributed by atoms with E-state index in [0.717, 1.165) is 0 Å². The molecule has 0 spiro atoms. The minimum Gasteiger partial charge on any atom is -0.389 e. The minimum absolute atomic E-state index is 0.0761. The first-order chi connectivity index (χ1) is 5.57. The van der Waals surface area contributed by atoms with Gasteiger partial charge in [0.05, 0.1) is 12.0 Å². The van der Waals surface area contributed by atoms with Crippen LogP contribution in [-0.2, 0) is 4.79 Å². The average Bonchev–Trinajstić information content (AvgIpc) is 2.01. The van der Waals surface area contributed by atoms with E-state index in [2.05, 4.69) is 0 Å². The first-order valence-corrected chi connectivity index (χ1v) is 4.16. The van der Waals surface area contributed by atoms with Crippen molar-refractivity contribution in [3.05, 3.63) is 11.6 Å². The van der Waals surface area contributed by atoms with Gasteiger partial charge in [-0.2, -0.15) is 0 Å². The highest BCUT2D eigenvalue weighted by Gasteiger charge is 2.34. The molecule has 0 amide bonds. The van der Waals surface area contributed by atoms with Crippen LogP contribution in [0, 0.1) is 5.92 Å². The Labute approximate surface area is 71.7 Å². The molecule has 3 heteroatoms. The summed E-state index contributed by atoms with van der Waals surface area (Å²) in [6, 6.07) is 0. The number of aliphatic hydroxyl groups is 2. The molecule has 2 N–H and O–H groups in total. The number of hydrogen-bond acceptors (Lipinski definition) is 3. The Bertz CT molecular complexity index is 220. The van der Waals surface area contributed by atoms with E-state index >= 15 is 0 Å². The van der Waals surface area contributed by atoms with E-state index in [1.54, 1.807) is 6.92 Å². The van der Waals surface area contributed by atoms with E-state index < -0.39 is 18.1 Å². The van der Waals surface area contributed by atoms with Crippen LogP contribution in [0.15, 0.2) is 11.6 Å². The maximum Gasteiger partial charge on any atom is 0.161 e. The number of rotatable bonds is 1. The van der Waals surface area contributed by atoms with Gasteiger partial charge in [0, 0.05) is 0 Å². The lowest BCUT2D eigenvalue weighted by atomic mass is 9.83. The summed E-state index contributed by atoms with van der Waals surface area (Å²) >= 11 is 0. The lowest BCUT2D eigenvalue weighted by molar-refractivity contribution is -0.126. The maximum atomic E-state index is 11.2. The van der Waals surface area contributed by atoms with Crippen molar-refractivity contribution in [3.8, 4) is 0 Å². The molecule has 12 heavy (non-hydrogen) atoms. The van der Waals surface area contributed by atoms with Crippen LogP contribution < -0.4 is 0 Å². The summed E-state index contributed by atoms with van der Waals surface area (Å²) in [7, 11) is 0. The normalized spacial score (nSPS) is 36.5. The lowest BCUT2D eigenvalue weighted by Crippen LogP contribution is -2.41. The van der Waals surface area contributed by atoms with Crippen molar-refractivity contribution in [3.63, 3.8) is 0 Å². The minimum atomic E-state index is -0.924. The van der Waals surface area contributed by atoms with Gasteiger partial charge in [-0.15, -0.1) is 0 Å². The van der Waals surface area contributed by atoms with Crippen molar-refractivity contribution in [2.75, 3.05) is 0 Å². The second-order valence-electron chi connectivity index (χ2n) is 3.24. The largest absolute Gasteiger partial charge is 0.389 e. The number of ketones is 1. The van der Waals surface area contributed by atoms with Crippen LogP contribution in [0.25, 0.3) is 0 Å². The molecule has 3 nitrogen and oxygen atoms in total. The molecule has 68 valence electrons. The Morgan fingerprint density at radius 2 is 2.08 bits per heavy atom. The predicted octanol–water partition coefficient (Wildman–Crippen LogP) is 0.263. The van der Waals surface area contributed by atoms with Crippen molar-refractivity contribution in [1.29, 1.82) is 0 Å². The molecule has 0 heterocycles. The van der Waals surface area contributed by atoms with Crippen LogP contribution >= 0.6 is 0 Å². The van der Waals surface area contributed by atoms with Crippen LogP contribution in [0.3, 0.4) is 0 Å². The summed E-state index contributed by atoms with van der Waals surface area (Å²) in [5, 5.41) is 18.9. The van der Waals surface area contributed by atoms with Crippen molar-refractivity contribution < 1.29 is 15.0 Å². The summed E-state index contributed by atoms with van der Waals surface area (Å²) in [5.41, 5.74) is 0.553. The predicted molar refractivity (Wildman–Crippen MR) is 44.6 cm³/mol. The Hall–Kier alpha value is -0.670. The maximum absolute atomic E-state index is 11.2. The quantitative estimate of drug-likeness (QED) is 0.593. The molecule has 1 rings (SSSR count). The van der Waals surface area contributed by atoms with Crippen LogP contribution in [0.5, 0.6) is 0 Å². The molecule has 0 radical (unpaired) electrons. The van der Waals surface area contributed by atoms with Crippen LogP contribution in [-0.4, -0.2) is 28.2 Å². The van der Waals surface area contributed by atoms with Crippen molar-refractivity contribution in [1.82, 2.24) is 0 Å². The van der Waals surface area contributed by atoms with Crippen LogP contribution in [0.2, 0.25) is 0 Å². The summed E-state index contributed by atoms with van der Waals surface area (Å²) in [5.74, 6) is -0.503. The molecular formula is C9H14O3. The third-order valence-corrected chi connectivity index (χ3v) is 2.38. The molecule has 1 aliphatic carbocycles. The van der Waals surface area contributed by atoms with Crippen LogP contribution in [0.4, 0.5) is 0 Å². The summed E-state index contributed by atoms with van der Waals surface area (Å²) < 4.78 is 0. The highest BCUT2D eigenvalue weighted by atomic mass is 16.3. The summed E-state index contributed by atoms with van der Waals surface area (Å²) in [4.78, 5) is 11.2. The molecule has 0 aromatic rings. The Morgan fingerprint density at radius 1 is 1.50 bits per heavy atom. The van der Waals surface area contributed by atoms with E-state index in [4.69, 9.17) is 0 Å². The fourth-order valence-electron chi connectivity index (χ4n) is 1.52. The van der Waals surface area contributed by atoms with Gasteiger partial charge in [-0.05, 0) is 25.0 Å². The Morgan fingerprint density at radius 3 is 2.58 bits per heavy atom. The first kappa shape index (κ1) is 9.42. The molecule has 0 unspecified atom stereocenters. The monoisotopic (exact) mass is 170 g/mol. The number of hydrogen-bond donors (Lipinski definition) is 2. The van der Waals surface area contributed by atoms with Gasteiger partial charge in [-0.3, -0.25) is 4.79 Å². The second kappa shape index (κ2) is 3.37. The fraction of sp³-hybridized carbons (Fsp3) is 0.667. The molecule has 0 aliphatic heterocycles. The highest BCUT2D eigenvalue weighted by molar-refractivity contribution is 5.94. The molecule has 0 aromatic carbocycles. The fourth-order valence-corrected chi connectivity index (χ4v) is 1.52. The smallest absolute Gasteiger partial charge is 0.161 e. The van der Waals surface area contributed by atoms with Crippen molar-refractivity contribution in [2.45, 2.75) is 32.5 Å². The zero-order chi connectivity index (χ0) is 9.30. The zero-order valence-electron chi connectivity index (χ0n) is 7.32. The van der Waals surface area contributed by atoms with Gasteiger partial charge in [0.15, 0.2) is 5.78 Å². The van der Waals surface area contributed by atoms with E-state index in [0.29, 0.717) is 12.0 Å². The van der Waals surface area contributed by atoms with Gasteiger partial charge in [-0.1, -0.05) is 6.92 Å². The van der Waals surface area contributed by atoms with Gasteiger partial charge >= 0.3 is 0 Å². The Balaban J connectivity index is 2.90. The SMILES string of the molecule is CC[C@H]1C(=O)C=C(C)[C@@H](O)[C@H]1O. The van der Waals surface area contributed by atoms with Gasteiger partial charge in [0.25, 0.3) is 0 Å². The Kier molecular flexibility index (Phi) is 2.65. The molecule has 0 aromatic heterocycles. The first-order valence-electron chi connectivity index (χ1n) is 4.16. The van der Waals surface area contributed by atoms with E-state index in [1.807, 2.05) is 6.92 Å². The average molecular weight is 170 g/mol. The molecule has 3 atom stereocenters. The number of allylic oxidation sites excluding steroid dienone is 1. The standard InChI is InChI=1S/C9H14O3/c1-3-6-7(10)4-5(2)8(11)9(6)12/h4,6,8-9,11-12H,3H2,1-2H3/t6-,8+,9-/m0/s1. The van der Waals surface area contributed by atoms with Crippen molar-refractivity contribution >= 4 is 5.78 Å². The van der Waals surface area contributed by atoms with E-state index in [9.17, 15) is 15.0 Å². The molecule has 0 saturated heterocycles. The van der Waals surface area contributed by atoms with Gasteiger partial charge in [-0.25, -0.2) is 0 Å². The van der Waals surface area contributed by atoms with E-state index in [1.165, 1.54) is 6.08 Å². The van der Waals surface area contributed by atoms with E-state index in [-0.39, 0.29) is 5.78 Å². The van der Waals surface area contributed by atoms with Gasteiger partial charge < -0.3 is 10.2 Å². The third kappa shape index (κ3) is 1.42. The summed E-state index contributed by atoms with van der Waals surface area (Å²) in [6.07, 6.45) is 0.201. The lowest BCUT2D eigenvalue weighted by Gasteiger charge is -2.28. The second-order valence-corrected chi connectivity index (χ2v) is 3.24. The third-order valence-electron chi connectivity index (χ3n) is 2.38. The zero-order valence-corrected chi connectivity index (χ0v) is 7.32. The van der Waals surface area contributed by atoms with Gasteiger partial charge in [0.1, 0.15) is 6.10 Å².